The third kappa shape index (κ3) is 6.69. The highest BCUT2D eigenvalue weighted by molar-refractivity contribution is 5.96. The molecule has 0 radical (unpaired) electrons. The van der Waals surface area contributed by atoms with Gasteiger partial charge in [-0.05, 0) is 63.1 Å². The predicted octanol–water partition coefficient (Wildman–Crippen LogP) is 4.34. The molecule has 1 aromatic rings. The van der Waals surface area contributed by atoms with Crippen LogP contribution < -0.4 is 10.6 Å². The Morgan fingerprint density at radius 2 is 1.69 bits per heavy atom. The molecule has 1 saturated heterocycles. The van der Waals surface area contributed by atoms with Crippen molar-refractivity contribution in [3.8, 4) is 0 Å². The molecule has 1 aliphatic carbocycles. The minimum atomic E-state index is -0.889. The molecular formula is C25H38N2O5. The fourth-order valence-electron chi connectivity index (χ4n) is 4.53. The van der Waals surface area contributed by atoms with Crippen molar-refractivity contribution in [3.05, 3.63) is 29.8 Å². The van der Waals surface area contributed by atoms with E-state index < -0.39 is 23.3 Å². The lowest BCUT2D eigenvalue weighted by Crippen LogP contribution is -2.50. The van der Waals surface area contributed by atoms with E-state index in [2.05, 4.69) is 17.6 Å². The van der Waals surface area contributed by atoms with E-state index in [4.69, 9.17) is 9.47 Å². The first kappa shape index (κ1) is 24.5. The van der Waals surface area contributed by atoms with Gasteiger partial charge in [0.05, 0.1) is 5.60 Å². The van der Waals surface area contributed by atoms with E-state index in [-0.39, 0.29) is 11.8 Å². The molecule has 3 rings (SSSR count). The quantitative estimate of drug-likeness (QED) is 0.625. The molecule has 2 fully saturated rings. The fraction of sp³-hybridized carbons (Fsp3) is 0.680. The molecule has 7 nitrogen and oxygen atoms in total. The molecule has 178 valence electrons. The zero-order valence-electron chi connectivity index (χ0n) is 19.8. The summed E-state index contributed by atoms with van der Waals surface area (Å²) in [6, 6.07) is 6.64. The van der Waals surface area contributed by atoms with Crippen molar-refractivity contribution >= 4 is 17.7 Å². The standard InChI is InChI=1S/C25H38N2O5/c1-17-5-7-18(8-6-17)21(27-23(29)32-24(2,3)4)22(28)26-20-11-9-19(10-12-20)25(30)13-15-31-16-14-25/h9-12,17-18,21,30H,5-8,13-16H2,1-4H3,(H,26,28)(H,27,29)/t17?,18?,21-/m0/s1. The normalized spacial score (nSPS) is 24.3. The van der Waals surface area contributed by atoms with Crippen LogP contribution in [0.25, 0.3) is 0 Å². The van der Waals surface area contributed by atoms with Crippen molar-refractivity contribution in [2.75, 3.05) is 18.5 Å². The summed E-state index contributed by atoms with van der Waals surface area (Å²) in [5.74, 6) is 0.467. The fourth-order valence-corrected chi connectivity index (χ4v) is 4.53. The Kier molecular flexibility index (Phi) is 7.83. The topological polar surface area (TPSA) is 96.9 Å². The van der Waals surface area contributed by atoms with Gasteiger partial charge in [-0.2, -0.15) is 0 Å². The van der Waals surface area contributed by atoms with Crippen molar-refractivity contribution in [2.45, 2.75) is 83.5 Å². The largest absolute Gasteiger partial charge is 0.444 e. The Hall–Kier alpha value is -2.12. The van der Waals surface area contributed by atoms with E-state index in [0.29, 0.717) is 37.7 Å². The molecule has 0 bridgehead atoms. The minimum Gasteiger partial charge on any atom is -0.444 e. The zero-order valence-corrected chi connectivity index (χ0v) is 19.8. The first-order valence-corrected chi connectivity index (χ1v) is 11.8. The van der Waals surface area contributed by atoms with Gasteiger partial charge in [-0.3, -0.25) is 4.79 Å². The van der Waals surface area contributed by atoms with E-state index in [1.807, 2.05) is 12.1 Å². The van der Waals surface area contributed by atoms with Crippen molar-refractivity contribution in [1.82, 2.24) is 5.32 Å². The number of rotatable bonds is 5. The lowest BCUT2D eigenvalue weighted by atomic mass is 9.79. The molecule has 1 aliphatic heterocycles. The number of ether oxygens (including phenoxy) is 2. The minimum absolute atomic E-state index is 0.0703. The number of nitrogens with one attached hydrogen (secondary N) is 2. The Balaban J connectivity index is 1.69. The molecule has 3 N–H and O–H groups in total. The molecule has 1 atom stereocenters. The highest BCUT2D eigenvalue weighted by Crippen LogP contribution is 2.33. The molecule has 32 heavy (non-hydrogen) atoms. The highest BCUT2D eigenvalue weighted by atomic mass is 16.6. The van der Waals surface area contributed by atoms with E-state index in [1.54, 1.807) is 32.9 Å². The summed E-state index contributed by atoms with van der Waals surface area (Å²) in [6.07, 6.45) is 4.41. The number of carbonyl (C=O) groups excluding carboxylic acids is 2. The molecule has 0 spiro atoms. The summed E-state index contributed by atoms with van der Waals surface area (Å²) in [5.41, 5.74) is -0.0645. The second kappa shape index (κ2) is 10.2. The lowest BCUT2D eigenvalue weighted by Gasteiger charge is -2.33. The van der Waals surface area contributed by atoms with Crippen LogP contribution in [0.5, 0.6) is 0 Å². The summed E-state index contributed by atoms with van der Waals surface area (Å²) in [4.78, 5) is 25.6. The lowest BCUT2D eigenvalue weighted by molar-refractivity contribution is -0.119. The molecule has 2 amide bonds. The SMILES string of the molecule is CC1CCC([C@H](NC(=O)OC(C)(C)C)C(=O)Nc2ccc(C3(O)CCOCC3)cc2)CC1. The summed E-state index contributed by atoms with van der Waals surface area (Å²) in [6.45, 7) is 8.70. The van der Waals surface area contributed by atoms with Crippen molar-refractivity contribution < 1.29 is 24.2 Å². The van der Waals surface area contributed by atoms with Gasteiger partial charge in [0.2, 0.25) is 5.91 Å². The molecule has 1 saturated carbocycles. The van der Waals surface area contributed by atoms with Gasteiger partial charge in [-0.1, -0.05) is 31.9 Å². The number of anilines is 1. The summed E-state index contributed by atoms with van der Waals surface area (Å²) < 4.78 is 10.8. The van der Waals surface area contributed by atoms with E-state index in [1.165, 1.54) is 0 Å². The Bertz CT molecular complexity index is 773. The van der Waals surface area contributed by atoms with Crippen LogP contribution in [0.1, 0.15) is 71.8 Å². The van der Waals surface area contributed by atoms with Gasteiger partial charge in [-0.15, -0.1) is 0 Å². The van der Waals surface area contributed by atoms with Crippen LogP contribution in [0.3, 0.4) is 0 Å². The highest BCUT2D eigenvalue weighted by Gasteiger charge is 2.34. The van der Waals surface area contributed by atoms with Gasteiger partial charge < -0.3 is 25.2 Å². The third-order valence-corrected chi connectivity index (χ3v) is 6.50. The van der Waals surface area contributed by atoms with Gasteiger partial charge in [-0.25, -0.2) is 4.79 Å². The van der Waals surface area contributed by atoms with E-state index in [9.17, 15) is 14.7 Å². The average molecular weight is 447 g/mol. The van der Waals surface area contributed by atoms with Crippen molar-refractivity contribution in [3.63, 3.8) is 0 Å². The van der Waals surface area contributed by atoms with Gasteiger partial charge in [0.25, 0.3) is 0 Å². The molecular weight excluding hydrogens is 408 g/mol. The molecule has 2 aliphatic rings. The Labute approximate surface area is 191 Å². The van der Waals surface area contributed by atoms with Gasteiger partial charge >= 0.3 is 6.09 Å². The maximum Gasteiger partial charge on any atom is 0.408 e. The number of aliphatic hydroxyl groups is 1. The Morgan fingerprint density at radius 3 is 2.25 bits per heavy atom. The number of hydrogen-bond acceptors (Lipinski definition) is 5. The molecule has 1 heterocycles. The number of alkyl carbamates (subject to hydrolysis) is 1. The molecule has 7 heteroatoms. The summed E-state index contributed by atoms with van der Waals surface area (Å²) in [7, 11) is 0. The van der Waals surface area contributed by atoms with Crippen LogP contribution in [0.4, 0.5) is 10.5 Å². The smallest absolute Gasteiger partial charge is 0.408 e. The summed E-state index contributed by atoms with van der Waals surface area (Å²) >= 11 is 0. The first-order chi connectivity index (χ1) is 15.1. The molecule has 0 aromatic heterocycles. The molecule has 0 unspecified atom stereocenters. The zero-order chi connectivity index (χ0) is 23.4. The Morgan fingerprint density at radius 1 is 1.09 bits per heavy atom. The van der Waals surface area contributed by atoms with E-state index >= 15 is 0 Å². The van der Waals surface area contributed by atoms with Crippen LogP contribution in [0.2, 0.25) is 0 Å². The predicted molar refractivity (Wildman–Crippen MR) is 123 cm³/mol. The second-order valence-corrected chi connectivity index (χ2v) is 10.4. The average Bonchev–Trinajstić information content (AvgIpc) is 2.72. The number of benzene rings is 1. The van der Waals surface area contributed by atoms with Crippen LogP contribution in [0, 0.1) is 11.8 Å². The van der Waals surface area contributed by atoms with Crippen LogP contribution >= 0.6 is 0 Å². The molecule has 1 aromatic carbocycles. The maximum atomic E-state index is 13.2. The van der Waals surface area contributed by atoms with Crippen LogP contribution in [-0.4, -0.2) is 42.0 Å². The third-order valence-electron chi connectivity index (χ3n) is 6.50. The van der Waals surface area contributed by atoms with Gasteiger partial charge in [0.15, 0.2) is 0 Å². The number of carbonyl (C=O) groups is 2. The van der Waals surface area contributed by atoms with Crippen molar-refractivity contribution in [1.29, 1.82) is 0 Å². The second-order valence-electron chi connectivity index (χ2n) is 10.4. The van der Waals surface area contributed by atoms with Gasteiger partial charge in [0.1, 0.15) is 11.6 Å². The van der Waals surface area contributed by atoms with Crippen molar-refractivity contribution in [2.24, 2.45) is 11.8 Å². The number of amides is 2. The van der Waals surface area contributed by atoms with E-state index in [0.717, 1.165) is 31.2 Å². The van der Waals surface area contributed by atoms with Gasteiger partial charge in [0, 0.05) is 31.7 Å². The van der Waals surface area contributed by atoms with Crippen LogP contribution in [-0.2, 0) is 19.9 Å². The monoisotopic (exact) mass is 446 g/mol. The number of hydrogen-bond donors (Lipinski definition) is 3. The van der Waals surface area contributed by atoms with Crippen LogP contribution in [0.15, 0.2) is 24.3 Å². The maximum absolute atomic E-state index is 13.2. The summed E-state index contributed by atoms with van der Waals surface area (Å²) in [5, 5.41) is 16.6. The first-order valence-electron chi connectivity index (χ1n) is 11.8.